The van der Waals surface area contributed by atoms with Gasteiger partial charge in [0.15, 0.2) is 0 Å². The third-order valence-electron chi connectivity index (χ3n) is 3.61. The highest BCUT2D eigenvalue weighted by Gasteiger charge is 2.20. The van der Waals surface area contributed by atoms with E-state index in [-0.39, 0.29) is 5.91 Å². The van der Waals surface area contributed by atoms with Gasteiger partial charge in [0.2, 0.25) is 0 Å². The molecule has 1 saturated heterocycles. The van der Waals surface area contributed by atoms with Crippen LogP contribution in [0, 0.1) is 0 Å². The van der Waals surface area contributed by atoms with Crippen molar-refractivity contribution >= 4 is 29.0 Å². The number of morpholine rings is 1. The van der Waals surface area contributed by atoms with Gasteiger partial charge in [-0.25, -0.2) is 9.97 Å². The Morgan fingerprint density at radius 1 is 1.29 bits per heavy atom. The number of ether oxygens (including phenoxy) is 2. The molecule has 0 bridgehead atoms. The van der Waals surface area contributed by atoms with Gasteiger partial charge in [0, 0.05) is 24.2 Å². The van der Waals surface area contributed by atoms with Crippen LogP contribution in [0.2, 0.25) is 5.02 Å². The van der Waals surface area contributed by atoms with Gasteiger partial charge in [0.05, 0.1) is 26.0 Å². The Bertz CT molecular complexity index is 735. The Kier molecular flexibility index (Phi) is 5.12. The second kappa shape index (κ2) is 7.46. The molecule has 1 N–H and O–H groups in total. The lowest BCUT2D eigenvalue weighted by molar-refractivity contribution is 0.0299. The first-order chi connectivity index (χ1) is 11.7. The number of benzene rings is 1. The summed E-state index contributed by atoms with van der Waals surface area (Å²) in [6, 6.07) is 6.83. The number of hydrogen-bond acceptors (Lipinski definition) is 6. The van der Waals surface area contributed by atoms with E-state index < -0.39 is 0 Å². The van der Waals surface area contributed by atoms with E-state index in [4.69, 9.17) is 21.1 Å². The number of nitrogens with zero attached hydrogens (tertiary/aromatic N) is 3. The van der Waals surface area contributed by atoms with Gasteiger partial charge in [-0.2, -0.15) is 0 Å². The van der Waals surface area contributed by atoms with Crippen LogP contribution in [0.4, 0.5) is 11.5 Å². The van der Waals surface area contributed by atoms with Gasteiger partial charge in [0.25, 0.3) is 5.91 Å². The average Bonchev–Trinajstić information content (AvgIpc) is 2.62. The van der Waals surface area contributed by atoms with Gasteiger partial charge in [-0.1, -0.05) is 11.6 Å². The van der Waals surface area contributed by atoms with Crippen molar-refractivity contribution in [1.29, 1.82) is 0 Å². The maximum absolute atomic E-state index is 12.5. The molecule has 1 amide bonds. The van der Waals surface area contributed by atoms with Crippen molar-refractivity contribution in [3.8, 4) is 5.75 Å². The molecule has 2 aromatic rings. The van der Waals surface area contributed by atoms with Crippen LogP contribution in [0.1, 0.15) is 10.5 Å². The number of methoxy groups -OCH3 is 1. The summed E-state index contributed by atoms with van der Waals surface area (Å²) in [6.07, 6.45) is 1.35. The van der Waals surface area contributed by atoms with Crippen molar-refractivity contribution in [2.24, 2.45) is 0 Å². The minimum absolute atomic E-state index is 0.137. The first-order valence-electron chi connectivity index (χ1n) is 7.47. The second-order valence-electron chi connectivity index (χ2n) is 5.16. The molecular weight excluding hydrogens is 332 g/mol. The summed E-state index contributed by atoms with van der Waals surface area (Å²) in [6.45, 7) is 2.21. The SMILES string of the molecule is COc1ccc(Cl)cc1Nc1cc(C(=O)N2CCOCC2)ncn1. The van der Waals surface area contributed by atoms with Gasteiger partial charge in [-0.05, 0) is 18.2 Å². The second-order valence-corrected chi connectivity index (χ2v) is 5.60. The predicted molar refractivity (Wildman–Crippen MR) is 90.0 cm³/mol. The van der Waals surface area contributed by atoms with E-state index in [1.165, 1.54) is 6.33 Å². The van der Waals surface area contributed by atoms with E-state index in [1.807, 2.05) is 0 Å². The number of nitrogens with one attached hydrogen (secondary N) is 1. The highest BCUT2D eigenvalue weighted by Crippen LogP contribution is 2.29. The molecule has 8 heteroatoms. The molecule has 0 atom stereocenters. The zero-order chi connectivity index (χ0) is 16.9. The zero-order valence-corrected chi connectivity index (χ0v) is 13.9. The van der Waals surface area contributed by atoms with Crippen LogP contribution in [-0.4, -0.2) is 54.2 Å². The molecule has 126 valence electrons. The van der Waals surface area contributed by atoms with Crippen LogP contribution in [0.25, 0.3) is 0 Å². The third kappa shape index (κ3) is 3.74. The molecular formula is C16H17ClN4O3. The zero-order valence-electron chi connectivity index (χ0n) is 13.2. The highest BCUT2D eigenvalue weighted by molar-refractivity contribution is 6.31. The molecule has 0 saturated carbocycles. The largest absolute Gasteiger partial charge is 0.495 e. The van der Waals surface area contributed by atoms with Crippen molar-refractivity contribution in [3.63, 3.8) is 0 Å². The maximum Gasteiger partial charge on any atom is 0.272 e. The van der Waals surface area contributed by atoms with Gasteiger partial charge >= 0.3 is 0 Å². The van der Waals surface area contributed by atoms with Gasteiger partial charge < -0.3 is 19.7 Å². The summed E-state index contributed by atoms with van der Waals surface area (Å²) >= 11 is 6.02. The van der Waals surface area contributed by atoms with Crippen LogP contribution in [-0.2, 0) is 4.74 Å². The molecule has 0 radical (unpaired) electrons. The Morgan fingerprint density at radius 2 is 2.08 bits per heavy atom. The lowest BCUT2D eigenvalue weighted by Crippen LogP contribution is -2.41. The molecule has 0 aliphatic carbocycles. The Morgan fingerprint density at radius 3 is 2.83 bits per heavy atom. The molecule has 3 rings (SSSR count). The number of aromatic nitrogens is 2. The van der Waals surface area contributed by atoms with E-state index in [1.54, 1.807) is 36.3 Å². The average molecular weight is 349 g/mol. The molecule has 2 heterocycles. The first kappa shape index (κ1) is 16.5. The van der Waals surface area contributed by atoms with Crippen LogP contribution >= 0.6 is 11.6 Å². The van der Waals surface area contributed by atoms with E-state index in [0.29, 0.717) is 54.3 Å². The minimum Gasteiger partial charge on any atom is -0.495 e. The van der Waals surface area contributed by atoms with Crippen molar-refractivity contribution in [3.05, 3.63) is 41.3 Å². The topological polar surface area (TPSA) is 76.6 Å². The van der Waals surface area contributed by atoms with Crippen LogP contribution in [0.3, 0.4) is 0 Å². The van der Waals surface area contributed by atoms with Gasteiger partial charge in [0.1, 0.15) is 23.6 Å². The van der Waals surface area contributed by atoms with Crippen LogP contribution in [0.5, 0.6) is 5.75 Å². The Balaban J connectivity index is 1.80. The van der Waals surface area contributed by atoms with E-state index in [9.17, 15) is 4.79 Å². The highest BCUT2D eigenvalue weighted by atomic mass is 35.5. The number of amides is 1. The normalized spacial score (nSPS) is 14.3. The third-order valence-corrected chi connectivity index (χ3v) is 3.84. The summed E-state index contributed by atoms with van der Waals surface area (Å²) in [4.78, 5) is 22.4. The number of halogens is 1. The van der Waals surface area contributed by atoms with E-state index >= 15 is 0 Å². The molecule has 1 aliphatic heterocycles. The Labute approximate surface area is 144 Å². The predicted octanol–water partition coefficient (Wildman–Crippen LogP) is 2.35. The molecule has 0 spiro atoms. The monoisotopic (exact) mass is 348 g/mol. The molecule has 1 fully saturated rings. The van der Waals surface area contributed by atoms with Crippen molar-refractivity contribution in [2.45, 2.75) is 0 Å². The molecule has 0 unspecified atom stereocenters. The maximum atomic E-state index is 12.5. The first-order valence-corrected chi connectivity index (χ1v) is 7.85. The summed E-state index contributed by atoms with van der Waals surface area (Å²) in [5.41, 5.74) is 0.990. The van der Waals surface area contributed by atoms with Crippen LogP contribution in [0.15, 0.2) is 30.6 Å². The van der Waals surface area contributed by atoms with Crippen molar-refractivity contribution < 1.29 is 14.3 Å². The number of anilines is 2. The summed E-state index contributed by atoms with van der Waals surface area (Å²) in [7, 11) is 1.57. The number of carbonyl (C=O) groups excluding carboxylic acids is 1. The summed E-state index contributed by atoms with van der Waals surface area (Å²) in [5, 5.41) is 3.67. The number of hydrogen-bond donors (Lipinski definition) is 1. The summed E-state index contributed by atoms with van der Waals surface area (Å²) < 4.78 is 10.6. The van der Waals surface area contributed by atoms with E-state index in [2.05, 4.69) is 15.3 Å². The van der Waals surface area contributed by atoms with Gasteiger partial charge in [-0.3, -0.25) is 4.79 Å². The van der Waals surface area contributed by atoms with Crippen LogP contribution < -0.4 is 10.1 Å². The lowest BCUT2D eigenvalue weighted by Gasteiger charge is -2.26. The minimum atomic E-state index is -0.137. The fourth-order valence-electron chi connectivity index (χ4n) is 2.39. The van der Waals surface area contributed by atoms with Crippen molar-refractivity contribution in [1.82, 2.24) is 14.9 Å². The number of rotatable bonds is 4. The van der Waals surface area contributed by atoms with E-state index in [0.717, 1.165) is 0 Å². The number of carbonyl (C=O) groups is 1. The fraction of sp³-hybridized carbons (Fsp3) is 0.312. The standard InChI is InChI=1S/C16H17ClN4O3/c1-23-14-3-2-11(17)8-12(14)20-15-9-13(18-10-19-15)16(22)21-4-6-24-7-5-21/h2-3,8-10H,4-7H2,1H3,(H,18,19,20). The quantitative estimate of drug-likeness (QED) is 0.914. The molecule has 1 aromatic carbocycles. The van der Waals surface area contributed by atoms with Crippen molar-refractivity contribution in [2.75, 3.05) is 38.7 Å². The van der Waals surface area contributed by atoms with Gasteiger partial charge in [-0.15, -0.1) is 0 Å². The molecule has 1 aromatic heterocycles. The Hall–Kier alpha value is -2.38. The molecule has 24 heavy (non-hydrogen) atoms. The smallest absolute Gasteiger partial charge is 0.272 e. The lowest BCUT2D eigenvalue weighted by atomic mass is 10.2. The summed E-state index contributed by atoms with van der Waals surface area (Å²) in [5.74, 6) is 0.975. The fourth-order valence-corrected chi connectivity index (χ4v) is 2.56. The molecule has 1 aliphatic rings. The molecule has 7 nitrogen and oxygen atoms in total.